The van der Waals surface area contributed by atoms with E-state index in [1.54, 1.807) is 0 Å². The average Bonchev–Trinajstić information content (AvgIpc) is 3.06. The van der Waals surface area contributed by atoms with E-state index in [0.29, 0.717) is 19.5 Å². The van der Waals surface area contributed by atoms with Gasteiger partial charge in [0.1, 0.15) is 0 Å². The number of carbonyl (C=O) groups is 2. The van der Waals surface area contributed by atoms with E-state index < -0.39 is 11.8 Å². The van der Waals surface area contributed by atoms with E-state index in [1.165, 1.54) is 0 Å². The van der Waals surface area contributed by atoms with Crippen molar-refractivity contribution in [3.8, 4) is 0 Å². The molecule has 0 aliphatic carbocycles. The monoisotopic (exact) mass is 344 g/mol. The molecule has 1 aromatic carbocycles. The van der Waals surface area contributed by atoms with Crippen molar-refractivity contribution in [2.45, 2.75) is 6.42 Å². The number of para-hydroxylation sites is 1. The average molecular weight is 344 g/mol. The van der Waals surface area contributed by atoms with Crippen LogP contribution in [0.1, 0.15) is 5.56 Å². The maximum Gasteiger partial charge on any atom is 0.309 e. The lowest BCUT2D eigenvalue weighted by atomic mass is 10.1. The molecule has 7 nitrogen and oxygen atoms in total. The highest BCUT2D eigenvalue weighted by Crippen LogP contribution is 2.17. The molecule has 7 heteroatoms. The minimum absolute atomic E-state index is 0.428. The highest BCUT2D eigenvalue weighted by molar-refractivity contribution is 6.35. The molecule has 134 valence electrons. The number of H-pyrrole nitrogens is 1. The van der Waals surface area contributed by atoms with Crippen molar-refractivity contribution in [1.29, 1.82) is 0 Å². The Morgan fingerprint density at radius 1 is 1.08 bits per heavy atom. The molecule has 1 aliphatic heterocycles. The van der Waals surface area contributed by atoms with Gasteiger partial charge in [-0.3, -0.25) is 14.5 Å². The number of aromatic nitrogens is 1. The van der Waals surface area contributed by atoms with E-state index >= 15 is 0 Å². The summed E-state index contributed by atoms with van der Waals surface area (Å²) in [6, 6.07) is 8.02. The fourth-order valence-electron chi connectivity index (χ4n) is 2.96. The Bertz CT molecular complexity index is 722. The Hall–Kier alpha value is -2.38. The van der Waals surface area contributed by atoms with Gasteiger partial charge in [0.25, 0.3) is 0 Å². The number of aromatic amines is 1. The molecule has 3 N–H and O–H groups in total. The summed E-state index contributed by atoms with van der Waals surface area (Å²) in [5.74, 6) is -1.16. The first-order chi connectivity index (χ1) is 12.2. The molecule has 2 aromatic rings. The van der Waals surface area contributed by atoms with Crippen LogP contribution in [0.4, 0.5) is 0 Å². The Balaban J connectivity index is 1.36. The number of morpholine rings is 1. The van der Waals surface area contributed by atoms with Crippen molar-refractivity contribution in [1.82, 2.24) is 20.5 Å². The standard InChI is InChI=1S/C18H24N4O3/c23-17(18(24)20-7-8-22-9-11-25-12-10-22)19-6-5-14-13-21-16-4-2-1-3-15(14)16/h1-4,13,21H,5-12H2,(H,19,23)(H,20,24). The van der Waals surface area contributed by atoms with Gasteiger partial charge in [-0.2, -0.15) is 0 Å². The van der Waals surface area contributed by atoms with E-state index in [0.717, 1.165) is 49.3 Å². The summed E-state index contributed by atoms with van der Waals surface area (Å²) in [6.45, 7) is 4.81. The van der Waals surface area contributed by atoms with Gasteiger partial charge in [-0.05, 0) is 18.1 Å². The number of benzene rings is 1. The van der Waals surface area contributed by atoms with Crippen LogP contribution in [0.15, 0.2) is 30.5 Å². The zero-order valence-corrected chi connectivity index (χ0v) is 14.2. The maximum absolute atomic E-state index is 11.9. The van der Waals surface area contributed by atoms with Crippen molar-refractivity contribution < 1.29 is 14.3 Å². The second kappa shape index (κ2) is 8.64. The number of fused-ring (bicyclic) bond motifs is 1. The van der Waals surface area contributed by atoms with Crippen LogP contribution in [0.25, 0.3) is 10.9 Å². The molecule has 1 aliphatic rings. The topological polar surface area (TPSA) is 86.5 Å². The fraction of sp³-hybridized carbons (Fsp3) is 0.444. The smallest absolute Gasteiger partial charge is 0.309 e. The number of ether oxygens (including phenoxy) is 1. The lowest BCUT2D eigenvalue weighted by Gasteiger charge is -2.26. The number of hydrogen-bond acceptors (Lipinski definition) is 4. The van der Waals surface area contributed by atoms with Gasteiger partial charge in [0, 0.05) is 49.8 Å². The van der Waals surface area contributed by atoms with Crippen LogP contribution in [0.2, 0.25) is 0 Å². The number of nitrogens with one attached hydrogen (secondary N) is 3. The van der Waals surface area contributed by atoms with E-state index in [1.807, 2.05) is 30.5 Å². The normalized spacial score (nSPS) is 15.2. The minimum Gasteiger partial charge on any atom is -0.379 e. The molecular weight excluding hydrogens is 320 g/mol. The molecule has 0 radical (unpaired) electrons. The summed E-state index contributed by atoms with van der Waals surface area (Å²) in [5.41, 5.74) is 2.20. The van der Waals surface area contributed by atoms with Crippen LogP contribution in [0.3, 0.4) is 0 Å². The van der Waals surface area contributed by atoms with Gasteiger partial charge in [0.2, 0.25) is 0 Å². The first-order valence-corrected chi connectivity index (χ1v) is 8.65. The number of nitrogens with zero attached hydrogens (tertiary/aromatic N) is 1. The third-order valence-electron chi connectivity index (χ3n) is 4.38. The summed E-state index contributed by atoms with van der Waals surface area (Å²) in [5, 5.41) is 6.48. The number of carbonyl (C=O) groups excluding carboxylic acids is 2. The van der Waals surface area contributed by atoms with Crippen LogP contribution in [-0.4, -0.2) is 67.6 Å². The van der Waals surface area contributed by atoms with Crippen LogP contribution < -0.4 is 10.6 Å². The van der Waals surface area contributed by atoms with Crippen molar-refractivity contribution in [2.24, 2.45) is 0 Å². The highest BCUT2D eigenvalue weighted by Gasteiger charge is 2.14. The van der Waals surface area contributed by atoms with Crippen LogP contribution >= 0.6 is 0 Å². The van der Waals surface area contributed by atoms with Crippen molar-refractivity contribution in [3.05, 3.63) is 36.0 Å². The van der Waals surface area contributed by atoms with E-state index in [-0.39, 0.29) is 0 Å². The summed E-state index contributed by atoms with van der Waals surface area (Å²) in [7, 11) is 0. The van der Waals surface area contributed by atoms with Gasteiger partial charge in [-0.1, -0.05) is 18.2 Å². The number of rotatable bonds is 6. The van der Waals surface area contributed by atoms with E-state index in [4.69, 9.17) is 4.74 Å². The Labute approximate surface area is 146 Å². The van der Waals surface area contributed by atoms with Crippen LogP contribution in [0.5, 0.6) is 0 Å². The maximum atomic E-state index is 11.9. The van der Waals surface area contributed by atoms with Crippen molar-refractivity contribution >= 4 is 22.7 Å². The summed E-state index contributed by atoms with van der Waals surface area (Å²) in [6.07, 6.45) is 2.62. The Morgan fingerprint density at radius 2 is 1.80 bits per heavy atom. The molecule has 1 aromatic heterocycles. The van der Waals surface area contributed by atoms with Crippen LogP contribution in [0, 0.1) is 0 Å². The predicted molar refractivity (Wildman–Crippen MR) is 95.3 cm³/mol. The second-order valence-corrected chi connectivity index (χ2v) is 6.08. The third kappa shape index (κ3) is 4.80. The first kappa shape index (κ1) is 17.4. The predicted octanol–water partition coefficient (Wildman–Crippen LogP) is 0.275. The van der Waals surface area contributed by atoms with Gasteiger partial charge < -0.3 is 20.4 Å². The molecule has 3 rings (SSSR count). The summed E-state index contributed by atoms with van der Waals surface area (Å²) in [4.78, 5) is 29.1. The lowest BCUT2D eigenvalue weighted by molar-refractivity contribution is -0.139. The second-order valence-electron chi connectivity index (χ2n) is 6.08. The highest BCUT2D eigenvalue weighted by atomic mass is 16.5. The molecule has 0 unspecified atom stereocenters. The van der Waals surface area contributed by atoms with Crippen LogP contribution in [-0.2, 0) is 20.7 Å². The molecule has 0 bridgehead atoms. The molecule has 1 fully saturated rings. The Morgan fingerprint density at radius 3 is 2.60 bits per heavy atom. The van der Waals surface area contributed by atoms with E-state index in [9.17, 15) is 9.59 Å². The largest absolute Gasteiger partial charge is 0.379 e. The zero-order valence-electron chi connectivity index (χ0n) is 14.2. The van der Waals surface area contributed by atoms with Crippen molar-refractivity contribution in [3.63, 3.8) is 0 Å². The Kier molecular flexibility index (Phi) is 6.03. The van der Waals surface area contributed by atoms with Gasteiger partial charge in [0.05, 0.1) is 13.2 Å². The molecule has 0 atom stereocenters. The van der Waals surface area contributed by atoms with Crippen molar-refractivity contribution in [2.75, 3.05) is 45.9 Å². The molecular formula is C18H24N4O3. The molecule has 25 heavy (non-hydrogen) atoms. The zero-order chi connectivity index (χ0) is 17.5. The molecule has 1 saturated heterocycles. The number of amides is 2. The molecule has 0 spiro atoms. The van der Waals surface area contributed by atoms with Gasteiger partial charge in [-0.25, -0.2) is 0 Å². The SMILES string of the molecule is O=C(NCCc1c[nH]c2ccccc12)C(=O)NCCN1CCOCC1. The molecule has 2 heterocycles. The van der Waals surface area contributed by atoms with Gasteiger partial charge >= 0.3 is 11.8 Å². The number of hydrogen-bond donors (Lipinski definition) is 3. The fourth-order valence-corrected chi connectivity index (χ4v) is 2.96. The first-order valence-electron chi connectivity index (χ1n) is 8.65. The van der Waals surface area contributed by atoms with Gasteiger partial charge in [0.15, 0.2) is 0 Å². The molecule has 2 amide bonds. The summed E-state index contributed by atoms with van der Waals surface area (Å²) < 4.78 is 5.27. The lowest BCUT2D eigenvalue weighted by Crippen LogP contribution is -2.45. The van der Waals surface area contributed by atoms with Gasteiger partial charge in [-0.15, -0.1) is 0 Å². The quantitative estimate of drug-likeness (QED) is 0.657. The minimum atomic E-state index is -0.582. The van der Waals surface area contributed by atoms with E-state index in [2.05, 4.69) is 20.5 Å². The molecule has 0 saturated carbocycles. The summed E-state index contributed by atoms with van der Waals surface area (Å²) >= 11 is 0. The third-order valence-corrected chi connectivity index (χ3v) is 4.38.